The molecule has 1 N–H and O–H groups in total. The highest BCUT2D eigenvalue weighted by Crippen LogP contribution is 2.18. The fraction of sp³-hybridized carbons (Fsp3) is 0.308. The van der Waals surface area contributed by atoms with Gasteiger partial charge in [0.25, 0.3) is 5.91 Å². The standard InChI is InChI=1S/C13H13FN2O3/c1-3-5-10(4-2)15-13(17)9-6-7-12(16(18)19)11(14)8-9/h2,6-8,10H,3,5H2,1H3,(H,15,17). The summed E-state index contributed by atoms with van der Waals surface area (Å²) >= 11 is 0. The monoisotopic (exact) mass is 264 g/mol. The van der Waals surface area contributed by atoms with Gasteiger partial charge in [0.2, 0.25) is 5.82 Å². The normalized spacial score (nSPS) is 11.4. The lowest BCUT2D eigenvalue weighted by atomic mass is 10.1. The second kappa shape index (κ2) is 6.50. The Kier molecular flexibility index (Phi) is 5.01. The van der Waals surface area contributed by atoms with E-state index in [1.807, 2.05) is 6.92 Å². The highest BCUT2D eigenvalue weighted by atomic mass is 19.1. The van der Waals surface area contributed by atoms with Crippen molar-refractivity contribution in [2.45, 2.75) is 25.8 Å². The summed E-state index contributed by atoms with van der Waals surface area (Å²) < 4.78 is 13.4. The van der Waals surface area contributed by atoms with Crippen molar-refractivity contribution in [1.82, 2.24) is 5.32 Å². The largest absolute Gasteiger partial charge is 0.338 e. The number of nitro benzene ring substituents is 1. The number of terminal acetylenes is 1. The summed E-state index contributed by atoms with van der Waals surface area (Å²) in [7, 11) is 0. The van der Waals surface area contributed by atoms with Crippen LogP contribution >= 0.6 is 0 Å². The Morgan fingerprint density at radius 2 is 2.32 bits per heavy atom. The number of halogens is 1. The van der Waals surface area contributed by atoms with Crippen molar-refractivity contribution in [2.24, 2.45) is 0 Å². The Morgan fingerprint density at radius 3 is 2.79 bits per heavy atom. The summed E-state index contributed by atoms with van der Waals surface area (Å²) in [4.78, 5) is 21.4. The first-order valence-corrected chi connectivity index (χ1v) is 5.70. The van der Waals surface area contributed by atoms with E-state index in [2.05, 4.69) is 11.2 Å². The van der Waals surface area contributed by atoms with Gasteiger partial charge in [-0.2, -0.15) is 4.39 Å². The molecule has 5 nitrogen and oxygen atoms in total. The smallest absolute Gasteiger partial charge is 0.304 e. The first-order valence-electron chi connectivity index (χ1n) is 5.70. The van der Waals surface area contributed by atoms with Crippen LogP contribution in [-0.4, -0.2) is 16.9 Å². The lowest BCUT2D eigenvalue weighted by molar-refractivity contribution is -0.387. The molecule has 1 rings (SSSR count). The lowest BCUT2D eigenvalue weighted by Crippen LogP contribution is -2.33. The Labute approximate surface area is 110 Å². The number of hydrogen-bond acceptors (Lipinski definition) is 3. The third kappa shape index (κ3) is 3.78. The van der Waals surface area contributed by atoms with Crippen LogP contribution in [0.3, 0.4) is 0 Å². The van der Waals surface area contributed by atoms with E-state index in [0.29, 0.717) is 6.42 Å². The highest BCUT2D eigenvalue weighted by molar-refractivity contribution is 5.94. The number of benzene rings is 1. The molecule has 1 atom stereocenters. The fourth-order valence-corrected chi connectivity index (χ4v) is 1.52. The van der Waals surface area contributed by atoms with Crippen LogP contribution in [0.2, 0.25) is 0 Å². The van der Waals surface area contributed by atoms with Gasteiger partial charge in [-0.1, -0.05) is 19.3 Å². The molecule has 0 aliphatic heterocycles. The second-order valence-corrected chi connectivity index (χ2v) is 3.90. The van der Waals surface area contributed by atoms with Crippen molar-refractivity contribution >= 4 is 11.6 Å². The van der Waals surface area contributed by atoms with Gasteiger partial charge in [-0.3, -0.25) is 14.9 Å². The molecule has 100 valence electrons. The Hall–Kier alpha value is -2.42. The average molecular weight is 264 g/mol. The Bertz CT molecular complexity index is 537. The van der Waals surface area contributed by atoms with Crippen LogP contribution in [-0.2, 0) is 0 Å². The van der Waals surface area contributed by atoms with E-state index in [4.69, 9.17) is 6.42 Å². The van der Waals surface area contributed by atoms with Gasteiger partial charge in [-0.05, 0) is 18.6 Å². The van der Waals surface area contributed by atoms with E-state index in [-0.39, 0.29) is 5.56 Å². The molecule has 0 aromatic heterocycles. The quantitative estimate of drug-likeness (QED) is 0.503. The summed E-state index contributed by atoms with van der Waals surface area (Å²) in [6.45, 7) is 1.92. The van der Waals surface area contributed by atoms with Crippen LogP contribution in [0.4, 0.5) is 10.1 Å². The van der Waals surface area contributed by atoms with Gasteiger partial charge in [0.15, 0.2) is 0 Å². The summed E-state index contributed by atoms with van der Waals surface area (Å²) in [5.41, 5.74) is -0.668. The van der Waals surface area contributed by atoms with Crippen LogP contribution in [0.5, 0.6) is 0 Å². The zero-order chi connectivity index (χ0) is 14.4. The molecule has 0 aliphatic carbocycles. The molecule has 0 saturated heterocycles. The molecule has 0 fully saturated rings. The maximum absolute atomic E-state index is 13.4. The van der Waals surface area contributed by atoms with Gasteiger partial charge in [-0.15, -0.1) is 6.42 Å². The van der Waals surface area contributed by atoms with E-state index in [9.17, 15) is 19.3 Å². The third-order valence-electron chi connectivity index (χ3n) is 2.49. The molecule has 1 aromatic rings. The van der Waals surface area contributed by atoms with Gasteiger partial charge < -0.3 is 5.32 Å². The number of nitrogens with zero attached hydrogens (tertiary/aromatic N) is 1. The van der Waals surface area contributed by atoms with Gasteiger partial charge in [0, 0.05) is 11.6 Å². The molecule has 0 aliphatic rings. The number of hydrogen-bond donors (Lipinski definition) is 1. The van der Waals surface area contributed by atoms with Crippen LogP contribution in [0, 0.1) is 28.3 Å². The molecule has 0 bridgehead atoms. The number of amides is 1. The van der Waals surface area contributed by atoms with Crippen LogP contribution in [0.1, 0.15) is 30.1 Å². The molecule has 19 heavy (non-hydrogen) atoms. The molecule has 0 spiro atoms. The second-order valence-electron chi connectivity index (χ2n) is 3.90. The third-order valence-corrected chi connectivity index (χ3v) is 2.49. The number of carbonyl (C=O) groups excluding carboxylic acids is 1. The molecule has 1 aromatic carbocycles. The Balaban J connectivity index is 2.87. The molecular weight excluding hydrogens is 251 g/mol. The predicted octanol–water partition coefficient (Wildman–Crippen LogP) is 2.27. The van der Waals surface area contributed by atoms with Crippen molar-refractivity contribution in [1.29, 1.82) is 0 Å². The summed E-state index contributed by atoms with van der Waals surface area (Å²) in [6, 6.07) is 2.54. The van der Waals surface area contributed by atoms with Gasteiger partial charge in [-0.25, -0.2) is 0 Å². The van der Waals surface area contributed by atoms with Crippen LogP contribution < -0.4 is 5.32 Å². The molecule has 0 saturated carbocycles. The fourth-order valence-electron chi connectivity index (χ4n) is 1.52. The lowest BCUT2D eigenvalue weighted by Gasteiger charge is -2.11. The Morgan fingerprint density at radius 1 is 1.63 bits per heavy atom. The van der Waals surface area contributed by atoms with Crippen molar-refractivity contribution in [3.05, 3.63) is 39.7 Å². The van der Waals surface area contributed by atoms with Crippen molar-refractivity contribution in [3.63, 3.8) is 0 Å². The van der Waals surface area contributed by atoms with E-state index < -0.39 is 28.4 Å². The van der Waals surface area contributed by atoms with E-state index >= 15 is 0 Å². The molecule has 1 amide bonds. The van der Waals surface area contributed by atoms with Crippen LogP contribution in [0.15, 0.2) is 18.2 Å². The zero-order valence-corrected chi connectivity index (χ0v) is 10.4. The highest BCUT2D eigenvalue weighted by Gasteiger charge is 2.17. The predicted molar refractivity (Wildman–Crippen MR) is 68.0 cm³/mol. The first kappa shape index (κ1) is 14.6. The molecule has 1 unspecified atom stereocenters. The van der Waals surface area contributed by atoms with E-state index in [1.54, 1.807) is 0 Å². The topological polar surface area (TPSA) is 72.2 Å². The maximum atomic E-state index is 13.4. The SMILES string of the molecule is C#CC(CCC)NC(=O)c1ccc([N+](=O)[O-])c(F)c1. The van der Waals surface area contributed by atoms with E-state index in [0.717, 1.165) is 18.6 Å². The van der Waals surface area contributed by atoms with Gasteiger partial charge in [0.05, 0.1) is 11.0 Å². The zero-order valence-electron chi connectivity index (χ0n) is 10.4. The first-order chi connectivity index (χ1) is 8.99. The summed E-state index contributed by atoms with van der Waals surface area (Å²) in [5.74, 6) is 0.813. The van der Waals surface area contributed by atoms with Crippen LogP contribution in [0.25, 0.3) is 0 Å². The molecule has 0 heterocycles. The summed E-state index contributed by atoms with van der Waals surface area (Å²) in [5, 5.41) is 13.0. The maximum Gasteiger partial charge on any atom is 0.304 e. The van der Waals surface area contributed by atoms with Crippen molar-refractivity contribution in [3.8, 4) is 12.3 Å². The number of nitrogens with one attached hydrogen (secondary N) is 1. The molecule has 6 heteroatoms. The minimum absolute atomic E-state index is 0.000506. The van der Waals surface area contributed by atoms with Crippen molar-refractivity contribution < 1.29 is 14.1 Å². The van der Waals surface area contributed by atoms with Gasteiger partial charge in [0.1, 0.15) is 0 Å². The summed E-state index contributed by atoms with van der Waals surface area (Å²) in [6.07, 6.45) is 6.66. The van der Waals surface area contributed by atoms with E-state index in [1.165, 1.54) is 6.07 Å². The number of carbonyl (C=O) groups is 1. The number of rotatable bonds is 5. The number of nitro groups is 1. The minimum atomic E-state index is -1.05. The van der Waals surface area contributed by atoms with Crippen molar-refractivity contribution in [2.75, 3.05) is 0 Å². The minimum Gasteiger partial charge on any atom is -0.338 e. The molecule has 0 radical (unpaired) electrons. The van der Waals surface area contributed by atoms with Gasteiger partial charge >= 0.3 is 5.69 Å². The average Bonchev–Trinajstić information content (AvgIpc) is 2.37. The molecular formula is C13H13FN2O3.